The van der Waals surface area contributed by atoms with Crippen LogP contribution in [0.2, 0.25) is 0 Å². The van der Waals surface area contributed by atoms with Crippen molar-refractivity contribution in [3.8, 4) is 0 Å². The van der Waals surface area contributed by atoms with Crippen molar-refractivity contribution < 1.29 is 4.79 Å². The van der Waals surface area contributed by atoms with Crippen molar-refractivity contribution in [2.45, 2.75) is 38.6 Å². The molecule has 1 amide bonds. The summed E-state index contributed by atoms with van der Waals surface area (Å²) in [6.45, 7) is 2.79. The molecule has 0 bridgehead atoms. The smallest absolute Gasteiger partial charge is 0.255 e. The van der Waals surface area contributed by atoms with E-state index in [1.807, 2.05) is 24.0 Å². The normalized spacial score (nSPS) is 15.9. The summed E-state index contributed by atoms with van der Waals surface area (Å²) in [5.41, 5.74) is 7.12. The zero-order valence-electron chi connectivity index (χ0n) is 10.7. The predicted octanol–water partition coefficient (Wildman–Crippen LogP) is 3.44. The summed E-state index contributed by atoms with van der Waals surface area (Å²) in [5.74, 6) is 0.0866. The summed E-state index contributed by atoms with van der Waals surface area (Å²) in [7, 11) is 0. The molecule has 2 rings (SSSR count). The van der Waals surface area contributed by atoms with Gasteiger partial charge in [0, 0.05) is 18.3 Å². The van der Waals surface area contributed by atoms with Crippen LogP contribution in [0.3, 0.4) is 0 Å². The number of halogens is 1. The molecule has 1 aromatic carbocycles. The second-order valence-corrected chi connectivity index (χ2v) is 5.53. The van der Waals surface area contributed by atoms with E-state index in [2.05, 4.69) is 15.9 Å². The molecular weight excluding hydrogens is 292 g/mol. The minimum Gasteiger partial charge on any atom is -0.398 e. The molecule has 0 radical (unpaired) electrons. The minimum atomic E-state index is 0.0866. The summed E-state index contributed by atoms with van der Waals surface area (Å²) in [6.07, 6.45) is 4.71. The van der Waals surface area contributed by atoms with Crippen molar-refractivity contribution in [1.82, 2.24) is 4.90 Å². The van der Waals surface area contributed by atoms with Crippen molar-refractivity contribution in [1.29, 1.82) is 0 Å². The fourth-order valence-corrected chi connectivity index (χ4v) is 3.09. The van der Waals surface area contributed by atoms with Gasteiger partial charge in [-0.15, -0.1) is 0 Å². The third-order valence-corrected chi connectivity index (χ3v) is 4.51. The molecule has 2 N–H and O–H groups in total. The van der Waals surface area contributed by atoms with E-state index in [0.29, 0.717) is 21.8 Å². The SMILES string of the molecule is CCN(C(=O)c1cccc(N)c1Br)C1CCCC1. The van der Waals surface area contributed by atoms with Crippen LogP contribution >= 0.6 is 15.9 Å². The number of anilines is 1. The van der Waals surface area contributed by atoms with Gasteiger partial charge in [0.25, 0.3) is 5.91 Å². The molecule has 18 heavy (non-hydrogen) atoms. The third kappa shape index (κ3) is 2.53. The number of hydrogen-bond donors (Lipinski definition) is 1. The van der Waals surface area contributed by atoms with E-state index in [1.54, 1.807) is 6.07 Å². The van der Waals surface area contributed by atoms with Crippen molar-refractivity contribution in [2.75, 3.05) is 12.3 Å². The van der Waals surface area contributed by atoms with Gasteiger partial charge in [0.1, 0.15) is 0 Å². The number of benzene rings is 1. The Morgan fingerprint density at radius 1 is 1.44 bits per heavy atom. The predicted molar refractivity (Wildman–Crippen MR) is 77.5 cm³/mol. The highest BCUT2D eigenvalue weighted by molar-refractivity contribution is 9.10. The Morgan fingerprint density at radius 2 is 2.11 bits per heavy atom. The van der Waals surface area contributed by atoms with Crippen LogP contribution in [0.15, 0.2) is 22.7 Å². The van der Waals surface area contributed by atoms with Gasteiger partial charge in [0.2, 0.25) is 0 Å². The number of nitrogens with two attached hydrogens (primary N) is 1. The van der Waals surface area contributed by atoms with Gasteiger partial charge in [0.15, 0.2) is 0 Å². The second-order valence-electron chi connectivity index (χ2n) is 4.74. The number of rotatable bonds is 3. The molecule has 0 saturated heterocycles. The Morgan fingerprint density at radius 3 is 2.72 bits per heavy atom. The lowest BCUT2D eigenvalue weighted by molar-refractivity contribution is 0.0692. The number of carbonyl (C=O) groups excluding carboxylic acids is 1. The van der Waals surface area contributed by atoms with Crippen LogP contribution in [-0.2, 0) is 0 Å². The first-order valence-corrected chi connectivity index (χ1v) is 7.29. The largest absolute Gasteiger partial charge is 0.398 e. The van der Waals surface area contributed by atoms with Crippen LogP contribution in [0, 0.1) is 0 Å². The van der Waals surface area contributed by atoms with Gasteiger partial charge in [-0.2, -0.15) is 0 Å². The monoisotopic (exact) mass is 310 g/mol. The van der Waals surface area contributed by atoms with E-state index in [9.17, 15) is 4.79 Å². The minimum absolute atomic E-state index is 0.0866. The maximum absolute atomic E-state index is 12.6. The summed E-state index contributed by atoms with van der Waals surface area (Å²) < 4.78 is 0.714. The Hall–Kier alpha value is -1.03. The second kappa shape index (κ2) is 5.74. The van der Waals surface area contributed by atoms with E-state index < -0.39 is 0 Å². The van der Waals surface area contributed by atoms with Crippen molar-refractivity contribution in [3.05, 3.63) is 28.2 Å². The molecule has 98 valence electrons. The average molecular weight is 311 g/mol. The Bertz CT molecular complexity index is 441. The molecule has 1 aliphatic carbocycles. The zero-order chi connectivity index (χ0) is 13.1. The van der Waals surface area contributed by atoms with Crippen LogP contribution in [0.25, 0.3) is 0 Å². The van der Waals surface area contributed by atoms with Crippen molar-refractivity contribution in [2.24, 2.45) is 0 Å². The highest BCUT2D eigenvalue weighted by Gasteiger charge is 2.27. The standard InChI is InChI=1S/C14H19BrN2O/c1-2-17(10-6-3-4-7-10)14(18)11-8-5-9-12(16)13(11)15/h5,8-10H,2-4,6-7,16H2,1H3. The molecule has 1 fully saturated rings. The van der Waals surface area contributed by atoms with E-state index >= 15 is 0 Å². The fourth-order valence-electron chi connectivity index (χ4n) is 2.65. The molecule has 1 aromatic rings. The lowest BCUT2D eigenvalue weighted by Crippen LogP contribution is -2.38. The van der Waals surface area contributed by atoms with Gasteiger partial charge in [-0.3, -0.25) is 4.79 Å². The molecule has 3 nitrogen and oxygen atoms in total. The number of carbonyl (C=O) groups is 1. The van der Waals surface area contributed by atoms with Gasteiger partial charge < -0.3 is 10.6 Å². The van der Waals surface area contributed by atoms with Crippen LogP contribution < -0.4 is 5.73 Å². The molecule has 4 heteroatoms. The maximum atomic E-state index is 12.6. The quantitative estimate of drug-likeness (QED) is 0.869. The van der Waals surface area contributed by atoms with Crippen LogP contribution in [-0.4, -0.2) is 23.4 Å². The number of amides is 1. The molecule has 0 spiro atoms. The van der Waals surface area contributed by atoms with Crippen LogP contribution in [0.5, 0.6) is 0 Å². The molecule has 1 aliphatic rings. The van der Waals surface area contributed by atoms with Gasteiger partial charge >= 0.3 is 0 Å². The molecule has 0 unspecified atom stereocenters. The Balaban J connectivity index is 2.25. The first-order chi connectivity index (χ1) is 8.65. The highest BCUT2D eigenvalue weighted by atomic mass is 79.9. The van der Waals surface area contributed by atoms with E-state index in [4.69, 9.17) is 5.73 Å². The van der Waals surface area contributed by atoms with Crippen LogP contribution in [0.1, 0.15) is 43.0 Å². The Labute approximate surface area is 116 Å². The molecule has 0 aromatic heterocycles. The molecule has 0 heterocycles. The van der Waals surface area contributed by atoms with Gasteiger partial charge in [-0.05, 0) is 47.8 Å². The lowest BCUT2D eigenvalue weighted by Gasteiger charge is -2.28. The van der Waals surface area contributed by atoms with E-state index in [1.165, 1.54) is 12.8 Å². The maximum Gasteiger partial charge on any atom is 0.255 e. The van der Waals surface area contributed by atoms with Gasteiger partial charge in [-0.1, -0.05) is 18.9 Å². The zero-order valence-corrected chi connectivity index (χ0v) is 12.2. The summed E-state index contributed by atoms with van der Waals surface area (Å²) in [5, 5.41) is 0. The van der Waals surface area contributed by atoms with Gasteiger partial charge in [-0.25, -0.2) is 0 Å². The molecule has 0 aliphatic heterocycles. The fraction of sp³-hybridized carbons (Fsp3) is 0.500. The number of nitrogen functional groups attached to an aromatic ring is 1. The first-order valence-electron chi connectivity index (χ1n) is 6.50. The first kappa shape index (κ1) is 13.4. The molecule has 1 saturated carbocycles. The van der Waals surface area contributed by atoms with Crippen LogP contribution in [0.4, 0.5) is 5.69 Å². The number of nitrogens with zero attached hydrogens (tertiary/aromatic N) is 1. The van der Waals surface area contributed by atoms with Gasteiger partial charge in [0.05, 0.1) is 10.0 Å². The highest BCUT2D eigenvalue weighted by Crippen LogP contribution is 2.29. The number of hydrogen-bond acceptors (Lipinski definition) is 2. The summed E-state index contributed by atoms with van der Waals surface area (Å²) in [4.78, 5) is 14.6. The topological polar surface area (TPSA) is 46.3 Å². The third-order valence-electron chi connectivity index (χ3n) is 3.63. The summed E-state index contributed by atoms with van der Waals surface area (Å²) >= 11 is 3.41. The molecular formula is C14H19BrN2O. The lowest BCUT2D eigenvalue weighted by atomic mass is 10.1. The molecule has 0 atom stereocenters. The van der Waals surface area contributed by atoms with Crippen molar-refractivity contribution in [3.63, 3.8) is 0 Å². The average Bonchev–Trinajstić information content (AvgIpc) is 2.87. The Kier molecular flexibility index (Phi) is 4.27. The summed E-state index contributed by atoms with van der Waals surface area (Å²) in [6, 6.07) is 5.86. The van der Waals surface area contributed by atoms with E-state index in [-0.39, 0.29) is 5.91 Å². The van der Waals surface area contributed by atoms with Crippen molar-refractivity contribution >= 4 is 27.5 Å². The van der Waals surface area contributed by atoms with E-state index in [0.717, 1.165) is 19.4 Å².